The predicted molar refractivity (Wildman–Crippen MR) is 54.9 cm³/mol. The van der Waals surface area contributed by atoms with Gasteiger partial charge in [0.15, 0.2) is 0 Å². The Morgan fingerprint density at radius 2 is 2.14 bits per heavy atom. The Bertz CT molecular complexity index is 350. The van der Waals surface area contributed by atoms with Crippen LogP contribution in [0.25, 0.3) is 0 Å². The summed E-state index contributed by atoms with van der Waals surface area (Å²) in [6.45, 7) is 1.27. The zero-order chi connectivity index (χ0) is 10.8. The van der Waals surface area contributed by atoms with Crippen molar-refractivity contribution in [1.29, 1.82) is 0 Å². The van der Waals surface area contributed by atoms with E-state index in [4.69, 9.17) is 5.11 Å². The Morgan fingerprint density at radius 1 is 1.57 bits per heavy atom. The molecule has 0 aliphatic rings. The summed E-state index contributed by atoms with van der Waals surface area (Å²) >= 11 is 3.19. The zero-order valence-electron chi connectivity index (χ0n) is 7.63. The third-order valence-electron chi connectivity index (χ3n) is 1.92. The molecule has 1 N–H and O–H groups in total. The van der Waals surface area contributed by atoms with Crippen LogP contribution in [0, 0.1) is 0 Å². The van der Waals surface area contributed by atoms with Gasteiger partial charge in [-0.25, -0.2) is 4.39 Å². The van der Waals surface area contributed by atoms with E-state index in [1.165, 1.54) is 6.92 Å². The Morgan fingerprint density at radius 3 is 2.64 bits per heavy atom. The average Bonchev–Trinajstić information content (AvgIpc) is 2.02. The lowest BCUT2D eigenvalue weighted by Crippen LogP contribution is -2.20. The van der Waals surface area contributed by atoms with Gasteiger partial charge in [0.25, 0.3) is 0 Å². The summed E-state index contributed by atoms with van der Waals surface area (Å²) in [6, 6.07) is 6.70. The van der Waals surface area contributed by atoms with E-state index in [2.05, 4.69) is 15.9 Å². The Hall–Kier alpha value is -0.900. The number of carboxylic acids is 1. The van der Waals surface area contributed by atoms with Crippen molar-refractivity contribution in [3.8, 4) is 0 Å². The highest BCUT2D eigenvalue weighted by atomic mass is 79.9. The summed E-state index contributed by atoms with van der Waals surface area (Å²) in [5, 5.41) is 8.55. The fraction of sp³-hybridized carbons (Fsp3) is 0.300. The molecule has 0 saturated heterocycles. The molecule has 0 heterocycles. The van der Waals surface area contributed by atoms with Crippen LogP contribution >= 0.6 is 15.9 Å². The average molecular weight is 261 g/mol. The van der Waals surface area contributed by atoms with Crippen molar-refractivity contribution in [2.75, 3.05) is 0 Å². The molecule has 0 aliphatic carbocycles. The van der Waals surface area contributed by atoms with Gasteiger partial charge >= 0.3 is 5.97 Å². The van der Waals surface area contributed by atoms with Gasteiger partial charge < -0.3 is 5.11 Å². The van der Waals surface area contributed by atoms with Gasteiger partial charge in [0, 0.05) is 10.0 Å². The SMILES string of the molecule is CC(F)(CC(=O)O)c1ccccc1Br. The fourth-order valence-electron chi connectivity index (χ4n) is 1.26. The number of carboxylic acid groups (broad SMARTS) is 1. The van der Waals surface area contributed by atoms with Crippen LogP contribution in [-0.2, 0) is 10.5 Å². The molecule has 0 amide bonds. The van der Waals surface area contributed by atoms with E-state index in [0.717, 1.165) is 0 Å². The molecular formula is C10H10BrFO2. The van der Waals surface area contributed by atoms with Gasteiger partial charge in [-0.15, -0.1) is 0 Å². The molecule has 0 spiro atoms. The lowest BCUT2D eigenvalue weighted by Gasteiger charge is -2.19. The van der Waals surface area contributed by atoms with Gasteiger partial charge in [-0.1, -0.05) is 34.1 Å². The topological polar surface area (TPSA) is 37.3 Å². The lowest BCUT2D eigenvalue weighted by atomic mass is 9.95. The molecule has 1 rings (SSSR count). The number of benzene rings is 1. The van der Waals surface area contributed by atoms with E-state index in [-0.39, 0.29) is 0 Å². The highest BCUT2D eigenvalue weighted by Gasteiger charge is 2.30. The number of carbonyl (C=O) groups is 1. The van der Waals surface area contributed by atoms with Crippen LogP contribution in [0.5, 0.6) is 0 Å². The summed E-state index contributed by atoms with van der Waals surface area (Å²) in [5.41, 5.74) is -1.48. The highest BCUT2D eigenvalue weighted by molar-refractivity contribution is 9.10. The molecule has 1 unspecified atom stereocenters. The van der Waals surface area contributed by atoms with E-state index in [1.807, 2.05) is 0 Å². The summed E-state index contributed by atoms with van der Waals surface area (Å²) in [4.78, 5) is 10.4. The Kier molecular flexibility index (Phi) is 3.26. The van der Waals surface area contributed by atoms with Gasteiger partial charge in [-0.2, -0.15) is 0 Å². The molecule has 2 nitrogen and oxygen atoms in total. The summed E-state index contributed by atoms with van der Waals surface area (Å²) < 4.78 is 14.5. The van der Waals surface area contributed by atoms with Crippen LogP contribution in [0.1, 0.15) is 18.9 Å². The van der Waals surface area contributed by atoms with Gasteiger partial charge in [0.1, 0.15) is 5.67 Å². The van der Waals surface area contributed by atoms with Crippen LogP contribution in [0.15, 0.2) is 28.7 Å². The highest BCUT2D eigenvalue weighted by Crippen LogP contribution is 2.34. The third-order valence-corrected chi connectivity index (χ3v) is 2.61. The van der Waals surface area contributed by atoms with Gasteiger partial charge in [0.05, 0.1) is 6.42 Å². The number of aliphatic carboxylic acids is 1. The maximum atomic E-state index is 13.9. The van der Waals surface area contributed by atoms with Crippen molar-refractivity contribution < 1.29 is 14.3 Å². The van der Waals surface area contributed by atoms with Gasteiger partial charge in [-0.05, 0) is 13.0 Å². The standard InChI is InChI=1S/C10H10BrFO2/c1-10(12,6-9(13)14)7-4-2-3-5-8(7)11/h2-5H,6H2,1H3,(H,13,14). The monoisotopic (exact) mass is 260 g/mol. The molecule has 0 bridgehead atoms. The predicted octanol–water partition coefficient (Wildman–Crippen LogP) is 3.11. The van der Waals surface area contributed by atoms with Crippen LogP contribution < -0.4 is 0 Å². The minimum Gasteiger partial charge on any atom is -0.481 e. The number of halogens is 2. The first-order chi connectivity index (χ1) is 6.43. The second-order valence-electron chi connectivity index (χ2n) is 3.25. The van der Waals surface area contributed by atoms with E-state index < -0.39 is 18.1 Å². The normalized spacial score (nSPS) is 14.8. The minimum absolute atomic E-state index is 0.363. The Balaban J connectivity index is 3.03. The molecule has 76 valence electrons. The first kappa shape index (κ1) is 11.2. The number of alkyl halides is 1. The zero-order valence-corrected chi connectivity index (χ0v) is 9.21. The van der Waals surface area contributed by atoms with Crippen molar-refractivity contribution in [3.63, 3.8) is 0 Å². The molecule has 0 aromatic heterocycles. The van der Waals surface area contributed by atoms with Crippen molar-refractivity contribution in [1.82, 2.24) is 0 Å². The quantitative estimate of drug-likeness (QED) is 0.907. The first-order valence-electron chi connectivity index (χ1n) is 4.09. The third kappa shape index (κ3) is 2.54. The molecule has 1 atom stereocenters. The van der Waals surface area contributed by atoms with E-state index in [1.54, 1.807) is 24.3 Å². The van der Waals surface area contributed by atoms with E-state index in [9.17, 15) is 9.18 Å². The molecule has 1 aromatic carbocycles. The van der Waals surface area contributed by atoms with E-state index >= 15 is 0 Å². The van der Waals surface area contributed by atoms with Gasteiger partial charge in [-0.3, -0.25) is 4.79 Å². The maximum absolute atomic E-state index is 13.9. The largest absolute Gasteiger partial charge is 0.481 e. The van der Waals surface area contributed by atoms with Crippen LogP contribution in [-0.4, -0.2) is 11.1 Å². The second kappa shape index (κ2) is 4.09. The second-order valence-corrected chi connectivity index (χ2v) is 4.10. The van der Waals surface area contributed by atoms with Crippen LogP contribution in [0.4, 0.5) is 4.39 Å². The van der Waals surface area contributed by atoms with Crippen molar-refractivity contribution in [3.05, 3.63) is 34.3 Å². The molecule has 14 heavy (non-hydrogen) atoms. The Labute approximate surface area is 89.9 Å². The molecule has 0 aliphatic heterocycles. The van der Waals surface area contributed by atoms with E-state index in [0.29, 0.717) is 10.0 Å². The minimum atomic E-state index is -1.84. The summed E-state index contributed by atoms with van der Waals surface area (Å²) in [6.07, 6.45) is -0.532. The molecular weight excluding hydrogens is 251 g/mol. The number of hydrogen-bond donors (Lipinski definition) is 1. The fourth-order valence-corrected chi connectivity index (χ4v) is 1.96. The van der Waals surface area contributed by atoms with Crippen molar-refractivity contribution in [2.45, 2.75) is 19.0 Å². The first-order valence-corrected chi connectivity index (χ1v) is 4.88. The smallest absolute Gasteiger partial charge is 0.306 e. The molecule has 0 fully saturated rings. The van der Waals surface area contributed by atoms with Crippen molar-refractivity contribution in [2.24, 2.45) is 0 Å². The van der Waals surface area contributed by atoms with Crippen LogP contribution in [0.2, 0.25) is 0 Å². The summed E-state index contributed by atoms with van der Waals surface area (Å²) in [5.74, 6) is -1.15. The molecule has 1 aromatic rings. The maximum Gasteiger partial charge on any atom is 0.306 e. The molecule has 0 saturated carbocycles. The molecule has 0 radical (unpaired) electrons. The lowest BCUT2D eigenvalue weighted by molar-refractivity contribution is -0.140. The van der Waals surface area contributed by atoms with Crippen LogP contribution in [0.3, 0.4) is 0 Å². The summed E-state index contributed by atoms with van der Waals surface area (Å²) in [7, 11) is 0. The number of hydrogen-bond acceptors (Lipinski definition) is 1. The number of rotatable bonds is 3. The molecule has 4 heteroatoms. The van der Waals surface area contributed by atoms with Gasteiger partial charge in [0.2, 0.25) is 0 Å². The van der Waals surface area contributed by atoms with Crippen molar-refractivity contribution >= 4 is 21.9 Å².